The van der Waals surface area contributed by atoms with E-state index < -0.39 is 5.54 Å². The third kappa shape index (κ3) is 2.90. The van der Waals surface area contributed by atoms with Gasteiger partial charge in [-0.3, -0.25) is 4.79 Å². The second kappa shape index (κ2) is 5.63. The van der Waals surface area contributed by atoms with Crippen molar-refractivity contribution in [1.82, 2.24) is 5.32 Å². The molecule has 1 aliphatic rings. The van der Waals surface area contributed by atoms with E-state index in [2.05, 4.69) is 11.4 Å². The molecule has 3 nitrogen and oxygen atoms in total. The molecule has 0 bridgehead atoms. The van der Waals surface area contributed by atoms with Gasteiger partial charge in [-0.15, -0.1) is 0 Å². The highest BCUT2D eigenvalue weighted by Gasteiger charge is 2.34. The van der Waals surface area contributed by atoms with Crippen molar-refractivity contribution in [2.75, 3.05) is 0 Å². The Labute approximate surface area is 118 Å². The van der Waals surface area contributed by atoms with E-state index in [9.17, 15) is 10.1 Å². The van der Waals surface area contributed by atoms with Crippen molar-refractivity contribution >= 4 is 17.5 Å². The molecule has 0 aromatic heterocycles. The van der Waals surface area contributed by atoms with E-state index in [4.69, 9.17) is 11.6 Å². The highest BCUT2D eigenvalue weighted by Crippen LogP contribution is 2.28. The van der Waals surface area contributed by atoms with Gasteiger partial charge in [0.15, 0.2) is 0 Å². The number of halogens is 1. The molecule has 0 unspecified atom stereocenters. The SMILES string of the molecule is Cc1c(Cl)cccc1C(=O)NC1(C#N)CCCCC1. The lowest BCUT2D eigenvalue weighted by molar-refractivity contribution is 0.0902. The molecule has 0 atom stereocenters. The number of benzene rings is 1. The minimum atomic E-state index is -0.704. The molecule has 0 radical (unpaired) electrons. The normalized spacial score (nSPS) is 17.5. The van der Waals surface area contributed by atoms with Crippen molar-refractivity contribution in [3.63, 3.8) is 0 Å². The van der Waals surface area contributed by atoms with Crippen LogP contribution >= 0.6 is 11.6 Å². The van der Waals surface area contributed by atoms with Crippen LogP contribution < -0.4 is 5.32 Å². The van der Waals surface area contributed by atoms with E-state index in [1.54, 1.807) is 18.2 Å². The third-order valence-electron chi connectivity index (χ3n) is 3.79. The van der Waals surface area contributed by atoms with Gasteiger partial charge in [0.2, 0.25) is 0 Å². The quantitative estimate of drug-likeness (QED) is 0.897. The van der Waals surface area contributed by atoms with Crippen molar-refractivity contribution in [2.24, 2.45) is 0 Å². The van der Waals surface area contributed by atoms with E-state index in [1.165, 1.54) is 0 Å². The van der Waals surface area contributed by atoms with Crippen molar-refractivity contribution in [3.05, 3.63) is 34.3 Å². The summed E-state index contributed by atoms with van der Waals surface area (Å²) in [5, 5.41) is 12.8. The molecule has 0 saturated heterocycles. The van der Waals surface area contributed by atoms with Gasteiger partial charge in [-0.2, -0.15) is 5.26 Å². The predicted molar refractivity (Wildman–Crippen MR) is 75.1 cm³/mol. The molecule has 100 valence electrons. The van der Waals surface area contributed by atoms with Gasteiger partial charge in [-0.1, -0.05) is 36.9 Å². The molecular formula is C15H17ClN2O. The van der Waals surface area contributed by atoms with Crippen LogP contribution in [0.4, 0.5) is 0 Å². The van der Waals surface area contributed by atoms with E-state index in [1.807, 2.05) is 6.92 Å². The summed E-state index contributed by atoms with van der Waals surface area (Å²) in [7, 11) is 0. The molecule has 1 aromatic rings. The third-order valence-corrected chi connectivity index (χ3v) is 4.20. The van der Waals surface area contributed by atoms with Crippen LogP contribution in [0.5, 0.6) is 0 Å². The van der Waals surface area contributed by atoms with Crippen LogP contribution in [-0.4, -0.2) is 11.4 Å². The summed E-state index contributed by atoms with van der Waals surface area (Å²) >= 11 is 6.02. The van der Waals surface area contributed by atoms with Crippen LogP contribution in [0, 0.1) is 18.3 Å². The minimum Gasteiger partial charge on any atom is -0.334 e. The van der Waals surface area contributed by atoms with Crippen molar-refractivity contribution in [3.8, 4) is 6.07 Å². The fourth-order valence-electron chi connectivity index (χ4n) is 2.56. The Morgan fingerprint density at radius 2 is 2.05 bits per heavy atom. The van der Waals surface area contributed by atoms with Crippen LogP contribution in [0.2, 0.25) is 5.02 Å². The Bertz CT molecular complexity index is 527. The number of rotatable bonds is 2. The van der Waals surface area contributed by atoms with Gasteiger partial charge in [0.05, 0.1) is 6.07 Å². The molecule has 1 amide bonds. The molecule has 0 heterocycles. The van der Waals surface area contributed by atoms with Crippen molar-refractivity contribution in [2.45, 2.75) is 44.6 Å². The first kappa shape index (κ1) is 13.9. The van der Waals surface area contributed by atoms with Crippen molar-refractivity contribution in [1.29, 1.82) is 5.26 Å². The molecule has 0 aliphatic heterocycles. The van der Waals surface area contributed by atoms with Gasteiger partial charge < -0.3 is 5.32 Å². The zero-order valence-corrected chi connectivity index (χ0v) is 11.8. The lowest BCUT2D eigenvalue weighted by Gasteiger charge is -2.31. The molecule has 1 fully saturated rings. The monoisotopic (exact) mass is 276 g/mol. The van der Waals surface area contributed by atoms with Gasteiger partial charge in [-0.05, 0) is 37.5 Å². The average molecular weight is 277 g/mol. The largest absolute Gasteiger partial charge is 0.334 e. The number of hydrogen-bond donors (Lipinski definition) is 1. The fourth-order valence-corrected chi connectivity index (χ4v) is 2.73. The Kier molecular flexibility index (Phi) is 4.11. The van der Waals surface area contributed by atoms with Gasteiger partial charge in [0, 0.05) is 10.6 Å². The highest BCUT2D eigenvalue weighted by atomic mass is 35.5. The summed E-state index contributed by atoms with van der Waals surface area (Å²) in [6.07, 6.45) is 4.57. The van der Waals surface area contributed by atoms with Crippen LogP contribution in [0.1, 0.15) is 48.0 Å². The summed E-state index contributed by atoms with van der Waals surface area (Å²) in [5.41, 5.74) is 0.600. The number of hydrogen-bond acceptors (Lipinski definition) is 2. The van der Waals surface area contributed by atoms with Gasteiger partial charge in [0.1, 0.15) is 5.54 Å². The first-order valence-electron chi connectivity index (χ1n) is 6.57. The predicted octanol–water partition coefficient (Wildman–Crippen LogP) is 3.60. The minimum absolute atomic E-state index is 0.205. The smallest absolute Gasteiger partial charge is 0.252 e. The van der Waals surface area contributed by atoms with Crippen LogP contribution in [-0.2, 0) is 0 Å². The fraction of sp³-hybridized carbons (Fsp3) is 0.467. The number of carbonyl (C=O) groups is 1. The molecule has 1 saturated carbocycles. The van der Waals surface area contributed by atoms with Crippen LogP contribution in [0.15, 0.2) is 18.2 Å². The Balaban J connectivity index is 2.21. The lowest BCUT2D eigenvalue weighted by Crippen LogP contribution is -2.48. The lowest BCUT2D eigenvalue weighted by atomic mass is 9.82. The molecule has 4 heteroatoms. The second-order valence-corrected chi connectivity index (χ2v) is 5.53. The van der Waals surface area contributed by atoms with Gasteiger partial charge >= 0.3 is 0 Å². The maximum atomic E-state index is 12.3. The molecule has 1 aromatic carbocycles. The number of carbonyl (C=O) groups excluding carboxylic acids is 1. The summed E-state index contributed by atoms with van der Waals surface area (Å²) in [5.74, 6) is -0.205. The van der Waals surface area contributed by atoms with E-state index in [0.717, 1.165) is 37.7 Å². The zero-order valence-electron chi connectivity index (χ0n) is 11.0. The van der Waals surface area contributed by atoms with E-state index in [-0.39, 0.29) is 5.91 Å². The Hall–Kier alpha value is -1.53. The first-order valence-corrected chi connectivity index (χ1v) is 6.95. The highest BCUT2D eigenvalue weighted by molar-refractivity contribution is 6.31. The Morgan fingerprint density at radius 3 is 2.68 bits per heavy atom. The number of nitriles is 1. The number of amides is 1. The Morgan fingerprint density at radius 1 is 1.37 bits per heavy atom. The second-order valence-electron chi connectivity index (χ2n) is 5.12. The maximum absolute atomic E-state index is 12.3. The molecule has 1 N–H and O–H groups in total. The molecule has 2 rings (SSSR count). The number of nitrogens with zero attached hydrogens (tertiary/aromatic N) is 1. The standard InChI is InChI=1S/C15H17ClN2O/c1-11-12(6-5-7-13(11)16)14(19)18-15(10-17)8-3-2-4-9-15/h5-7H,2-4,8-9H2,1H3,(H,18,19). The zero-order chi connectivity index (χ0) is 13.9. The van der Waals surface area contributed by atoms with Gasteiger partial charge in [-0.25, -0.2) is 0 Å². The summed E-state index contributed by atoms with van der Waals surface area (Å²) in [6.45, 7) is 1.82. The number of nitrogens with one attached hydrogen (secondary N) is 1. The van der Waals surface area contributed by atoms with Crippen LogP contribution in [0.25, 0.3) is 0 Å². The molecule has 1 aliphatic carbocycles. The molecule has 19 heavy (non-hydrogen) atoms. The van der Waals surface area contributed by atoms with E-state index in [0.29, 0.717) is 10.6 Å². The maximum Gasteiger partial charge on any atom is 0.252 e. The average Bonchev–Trinajstić information content (AvgIpc) is 2.42. The van der Waals surface area contributed by atoms with E-state index >= 15 is 0 Å². The first-order chi connectivity index (χ1) is 9.08. The van der Waals surface area contributed by atoms with Crippen molar-refractivity contribution < 1.29 is 4.79 Å². The van der Waals surface area contributed by atoms with Crippen LogP contribution in [0.3, 0.4) is 0 Å². The molecular weight excluding hydrogens is 260 g/mol. The summed E-state index contributed by atoms with van der Waals surface area (Å²) in [4.78, 5) is 12.3. The van der Waals surface area contributed by atoms with Gasteiger partial charge in [0.25, 0.3) is 5.91 Å². The molecule has 0 spiro atoms. The summed E-state index contributed by atoms with van der Waals surface area (Å²) in [6, 6.07) is 7.54. The summed E-state index contributed by atoms with van der Waals surface area (Å²) < 4.78 is 0. The topological polar surface area (TPSA) is 52.9 Å².